The summed E-state index contributed by atoms with van der Waals surface area (Å²) in [6.07, 6.45) is 1.27. The highest BCUT2D eigenvalue weighted by Crippen LogP contribution is 2.22. The highest BCUT2D eigenvalue weighted by molar-refractivity contribution is 5.97. The number of hydrogen-bond donors (Lipinski definition) is 1. The minimum absolute atomic E-state index is 0.248. The highest BCUT2D eigenvalue weighted by atomic mass is 16.3. The van der Waals surface area contributed by atoms with E-state index in [2.05, 4.69) is 10.3 Å². The third-order valence-corrected chi connectivity index (χ3v) is 2.05. The van der Waals surface area contributed by atoms with E-state index in [-0.39, 0.29) is 5.91 Å². The molecule has 0 radical (unpaired) electrons. The zero-order valence-corrected chi connectivity index (χ0v) is 8.23. The van der Waals surface area contributed by atoms with Crippen LogP contribution in [0.25, 0.3) is 11.3 Å². The molecule has 1 N–H and O–H groups in total. The van der Waals surface area contributed by atoms with Crippen molar-refractivity contribution in [2.24, 2.45) is 0 Å². The Morgan fingerprint density at radius 2 is 2.07 bits per heavy atom. The second-order valence-corrected chi connectivity index (χ2v) is 2.98. The van der Waals surface area contributed by atoms with Gasteiger partial charge in [-0.3, -0.25) is 4.79 Å². The van der Waals surface area contributed by atoms with Gasteiger partial charge >= 0.3 is 0 Å². The van der Waals surface area contributed by atoms with E-state index in [9.17, 15) is 4.79 Å². The molecule has 2 aromatic rings. The maximum Gasteiger partial charge on any atom is 0.273 e. The van der Waals surface area contributed by atoms with Gasteiger partial charge in [0.15, 0.2) is 17.8 Å². The molecule has 15 heavy (non-hydrogen) atoms. The number of benzene rings is 1. The first-order valence-electron chi connectivity index (χ1n) is 4.54. The number of aromatic nitrogens is 1. The number of oxazole rings is 1. The largest absolute Gasteiger partial charge is 0.443 e. The van der Waals surface area contributed by atoms with Crippen molar-refractivity contribution in [2.45, 2.75) is 0 Å². The number of amides is 1. The molecule has 0 fully saturated rings. The molecule has 1 amide bonds. The van der Waals surface area contributed by atoms with Crippen LogP contribution in [0, 0.1) is 0 Å². The fourth-order valence-electron chi connectivity index (χ4n) is 1.32. The lowest BCUT2D eigenvalue weighted by Gasteiger charge is -1.99. The van der Waals surface area contributed by atoms with Crippen molar-refractivity contribution >= 4 is 5.91 Å². The fraction of sp³-hybridized carbons (Fsp3) is 0.0909. The Kier molecular flexibility index (Phi) is 2.49. The molecule has 2 rings (SSSR count). The summed E-state index contributed by atoms with van der Waals surface area (Å²) >= 11 is 0. The van der Waals surface area contributed by atoms with Gasteiger partial charge in [0, 0.05) is 12.6 Å². The summed E-state index contributed by atoms with van der Waals surface area (Å²) in [6.45, 7) is 0. The van der Waals surface area contributed by atoms with Gasteiger partial charge in [0.2, 0.25) is 0 Å². The third-order valence-electron chi connectivity index (χ3n) is 2.05. The minimum atomic E-state index is -0.248. The molecule has 0 atom stereocenters. The molecule has 0 spiro atoms. The van der Waals surface area contributed by atoms with Gasteiger partial charge in [-0.1, -0.05) is 30.3 Å². The summed E-state index contributed by atoms with van der Waals surface area (Å²) in [7, 11) is 1.56. The van der Waals surface area contributed by atoms with Crippen LogP contribution in [-0.2, 0) is 0 Å². The van der Waals surface area contributed by atoms with E-state index >= 15 is 0 Å². The summed E-state index contributed by atoms with van der Waals surface area (Å²) in [5.74, 6) is 0.248. The van der Waals surface area contributed by atoms with Crippen LogP contribution in [0.2, 0.25) is 0 Å². The van der Waals surface area contributed by atoms with Gasteiger partial charge in [0.05, 0.1) is 0 Å². The van der Waals surface area contributed by atoms with Crippen LogP contribution in [0.15, 0.2) is 41.1 Å². The van der Waals surface area contributed by atoms with Gasteiger partial charge < -0.3 is 9.73 Å². The average molecular weight is 202 g/mol. The topological polar surface area (TPSA) is 55.1 Å². The number of hydrogen-bond acceptors (Lipinski definition) is 3. The van der Waals surface area contributed by atoms with Crippen LogP contribution < -0.4 is 5.32 Å². The van der Waals surface area contributed by atoms with Crippen molar-refractivity contribution in [1.29, 1.82) is 0 Å². The van der Waals surface area contributed by atoms with Gasteiger partial charge in [-0.15, -0.1) is 0 Å². The van der Waals surface area contributed by atoms with E-state index in [4.69, 9.17) is 4.42 Å². The Morgan fingerprint density at radius 3 is 2.73 bits per heavy atom. The monoisotopic (exact) mass is 202 g/mol. The predicted octanol–water partition coefficient (Wildman–Crippen LogP) is 1.70. The van der Waals surface area contributed by atoms with Crippen LogP contribution in [0.1, 0.15) is 10.5 Å². The van der Waals surface area contributed by atoms with Crippen molar-refractivity contribution < 1.29 is 9.21 Å². The Labute approximate surface area is 86.9 Å². The van der Waals surface area contributed by atoms with Crippen molar-refractivity contribution in [3.8, 4) is 11.3 Å². The number of carbonyl (C=O) groups is 1. The molecule has 4 nitrogen and oxygen atoms in total. The molecule has 1 heterocycles. The molecular weight excluding hydrogens is 192 g/mol. The molecule has 76 valence electrons. The second-order valence-electron chi connectivity index (χ2n) is 2.98. The van der Waals surface area contributed by atoms with E-state index < -0.39 is 0 Å². The van der Waals surface area contributed by atoms with Crippen molar-refractivity contribution in [3.63, 3.8) is 0 Å². The molecule has 0 unspecified atom stereocenters. The maximum atomic E-state index is 11.4. The molecular formula is C11H10N2O2. The van der Waals surface area contributed by atoms with Gasteiger partial charge in [0.25, 0.3) is 5.91 Å². The molecule has 1 aromatic carbocycles. The Hall–Kier alpha value is -2.10. The van der Waals surface area contributed by atoms with Crippen LogP contribution in [-0.4, -0.2) is 17.9 Å². The van der Waals surface area contributed by atoms with E-state index in [1.54, 1.807) is 7.05 Å². The molecule has 1 aromatic heterocycles. The number of nitrogens with one attached hydrogen (secondary N) is 1. The van der Waals surface area contributed by atoms with E-state index in [1.807, 2.05) is 30.3 Å². The quantitative estimate of drug-likeness (QED) is 0.806. The summed E-state index contributed by atoms with van der Waals surface area (Å²) < 4.78 is 5.20. The number of nitrogens with zero attached hydrogens (tertiary/aromatic N) is 1. The lowest BCUT2D eigenvalue weighted by atomic mass is 10.1. The van der Waals surface area contributed by atoms with E-state index in [0.29, 0.717) is 11.5 Å². The normalized spacial score (nSPS) is 9.93. The summed E-state index contributed by atoms with van der Waals surface area (Å²) in [5, 5.41) is 2.52. The first kappa shape index (κ1) is 9.45. The van der Waals surface area contributed by atoms with E-state index in [1.165, 1.54) is 6.39 Å². The fourth-order valence-corrected chi connectivity index (χ4v) is 1.32. The molecule has 4 heteroatoms. The van der Waals surface area contributed by atoms with Crippen molar-refractivity contribution in [3.05, 3.63) is 42.4 Å². The SMILES string of the molecule is CNC(=O)c1ncoc1-c1ccccc1. The highest BCUT2D eigenvalue weighted by Gasteiger charge is 2.16. The van der Waals surface area contributed by atoms with Gasteiger partial charge in [-0.05, 0) is 0 Å². The van der Waals surface area contributed by atoms with Crippen molar-refractivity contribution in [1.82, 2.24) is 10.3 Å². The predicted molar refractivity (Wildman–Crippen MR) is 55.3 cm³/mol. The minimum Gasteiger partial charge on any atom is -0.443 e. The lowest BCUT2D eigenvalue weighted by molar-refractivity contribution is 0.0959. The molecule has 0 saturated heterocycles. The van der Waals surface area contributed by atoms with Crippen LogP contribution >= 0.6 is 0 Å². The zero-order chi connectivity index (χ0) is 10.7. The number of carbonyl (C=O) groups excluding carboxylic acids is 1. The first-order valence-corrected chi connectivity index (χ1v) is 4.54. The third kappa shape index (κ3) is 1.74. The molecule has 0 bridgehead atoms. The van der Waals surface area contributed by atoms with E-state index in [0.717, 1.165) is 5.56 Å². The molecule has 0 aliphatic heterocycles. The van der Waals surface area contributed by atoms with Crippen LogP contribution in [0.5, 0.6) is 0 Å². The molecule has 0 saturated carbocycles. The van der Waals surface area contributed by atoms with Gasteiger partial charge in [0.1, 0.15) is 0 Å². The van der Waals surface area contributed by atoms with Crippen LogP contribution in [0.3, 0.4) is 0 Å². The number of rotatable bonds is 2. The summed E-state index contributed by atoms with van der Waals surface area (Å²) in [4.78, 5) is 15.3. The Balaban J connectivity index is 2.46. The zero-order valence-electron chi connectivity index (χ0n) is 8.23. The Bertz CT molecular complexity index is 462. The van der Waals surface area contributed by atoms with Crippen LogP contribution in [0.4, 0.5) is 0 Å². The van der Waals surface area contributed by atoms with Crippen molar-refractivity contribution in [2.75, 3.05) is 7.05 Å². The lowest BCUT2D eigenvalue weighted by Crippen LogP contribution is -2.18. The second kappa shape index (κ2) is 3.96. The molecule has 0 aliphatic carbocycles. The van der Waals surface area contributed by atoms with Gasteiger partial charge in [-0.25, -0.2) is 4.98 Å². The Morgan fingerprint density at radius 1 is 1.33 bits per heavy atom. The average Bonchev–Trinajstić information content (AvgIpc) is 2.78. The molecule has 0 aliphatic rings. The summed E-state index contributed by atoms with van der Waals surface area (Å²) in [6, 6.07) is 9.40. The maximum absolute atomic E-state index is 11.4. The standard InChI is InChI=1S/C11H10N2O2/c1-12-11(14)9-10(15-7-13-9)8-5-3-2-4-6-8/h2-7H,1H3,(H,12,14). The summed E-state index contributed by atoms with van der Waals surface area (Å²) in [5.41, 5.74) is 1.15. The van der Waals surface area contributed by atoms with Gasteiger partial charge in [-0.2, -0.15) is 0 Å². The smallest absolute Gasteiger partial charge is 0.273 e. The first-order chi connectivity index (χ1) is 7.33.